The van der Waals surface area contributed by atoms with Crippen molar-refractivity contribution >= 4 is 11.7 Å². The molecule has 3 rings (SSSR count). The van der Waals surface area contributed by atoms with Crippen molar-refractivity contribution in [3.8, 4) is 0 Å². The predicted molar refractivity (Wildman–Crippen MR) is 92.9 cm³/mol. The molecular weight excluding hydrogens is 288 g/mol. The molecular formula is C18H28N4O. The molecule has 2 atom stereocenters. The third-order valence-electron chi connectivity index (χ3n) is 5.22. The summed E-state index contributed by atoms with van der Waals surface area (Å²) in [5.41, 5.74) is 0.699. The SMILES string of the molecule is CC1NCCN(C(=O)c2ccc(N3CCCCCC3)nc2)C1C. The number of hydrogen-bond donors (Lipinski definition) is 1. The summed E-state index contributed by atoms with van der Waals surface area (Å²) < 4.78 is 0. The monoisotopic (exact) mass is 316 g/mol. The molecule has 0 radical (unpaired) electrons. The van der Waals surface area contributed by atoms with Gasteiger partial charge >= 0.3 is 0 Å². The molecule has 0 bridgehead atoms. The standard InChI is InChI=1S/C18H28N4O/c1-14-15(2)22(12-9-19-14)18(23)16-7-8-17(20-13-16)21-10-5-3-4-6-11-21/h7-8,13-15,19H,3-6,9-12H2,1-2H3. The Morgan fingerprint density at radius 1 is 1.13 bits per heavy atom. The van der Waals surface area contributed by atoms with Gasteiger partial charge in [-0.05, 0) is 38.8 Å². The van der Waals surface area contributed by atoms with Crippen molar-refractivity contribution in [1.29, 1.82) is 0 Å². The van der Waals surface area contributed by atoms with Crippen molar-refractivity contribution in [3.63, 3.8) is 0 Å². The lowest BCUT2D eigenvalue weighted by molar-refractivity contribution is 0.0602. The highest BCUT2D eigenvalue weighted by Crippen LogP contribution is 2.19. The number of pyridine rings is 1. The minimum absolute atomic E-state index is 0.0979. The molecule has 0 aromatic carbocycles. The minimum Gasteiger partial charge on any atom is -0.357 e. The Kier molecular flexibility index (Phi) is 5.16. The highest BCUT2D eigenvalue weighted by molar-refractivity contribution is 5.94. The molecule has 5 nitrogen and oxygen atoms in total. The van der Waals surface area contributed by atoms with Crippen LogP contribution in [0.2, 0.25) is 0 Å². The third-order valence-corrected chi connectivity index (χ3v) is 5.22. The predicted octanol–water partition coefficient (Wildman–Crippen LogP) is 2.28. The smallest absolute Gasteiger partial charge is 0.255 e. The first kappa shape index (κ1) is 16.2. The number of nitrogens with zero attached hydrogens (tertiary/aromatic N) is 3. The number of carbonyl (C=O) groups is 1. The van der Waals surface area contributed by atoms with Crippen molar-refractivity contribution in [2.24, 2.45) is 0 Å². The molecule has 1 aromatic rings. The van der Waals surface area contributed by atoms with Gasteiger partial charge in [0.25, 0.3) is 5.91 Å². The summed E-state index contributed by atoms with van der Waals surface area (Å²) in [6, 6.07) is 4.49. The van der Waals surface area contributed by atoms with Crippen LogP contribution in [-0.2, 0) is 0 Å². The van der Waals surface area contributed by atoms with E-state index in [-0.39, 0.29) is 11.9 Å². The van der Waals surface area contributed by atoms with Gasteiger partial charge in [-0.2, -0.15) is 0 Å². The van der Waals surface area contributed by atoms with Gasteiger partial charge in [0.2, 0.25) is 0 Å². The Morgan fingerprint density at radius 2 is 1.87 bits per heavy atom. The van der Waals surface area contributed by atoms with Crippen LogP contribution >= 0.6 is 0 Å². The van der Waals surface area contributed by atoms with Crippen LogP contribution in [0.15, 0.2) is 18.3 Å². The molecule has 2 saturated heterocycles. The average molecular weight is 316 g/mol. The normalized spacial score (nSPS) is 26.0. The third kappa shape index (κ3) is 3.66. The number of aromatic nitrogens is 1. The fourth-order valence-electron chi connectivity index (χ4n) is 3.51. The van der Waals surface area contributed by atoms with Crippen molar-refractivity contribution in [2.75, 3.05) is 31.1 Å². The second kappa shape index (κ2) is 7.30. The summed E-state index contributed by atoms with van der Waals surface area (Å²) in [4.78, 5) is 21.6. The van der Waals surface area contributed by atoms with E-state index in [0.29, 0.717) is 11.6 Å². The maximum absolute atomic E-state index is 12.7. The van der Waals surface area contributed by atoms with Crippen LogP contribution in [0.4, 0.5) is 5.82 Å². The van der Waals surface area contributed by atoms with Gasteiger partial charge < -0.3 is 15.1 Å². The molecule has 2 aliphatic rings. The van der Waals surface area contributed by atoms with Gasteiger partial charge in [0.1, 0.15) is 5.82 Å². The van der Waals surface area contributed by atoms with Crippen LogP contribution in [0.1, 0.15) is 49.9 Å². The fraction of sp³-hybridized carbons (Fsp3) is 0.667. The van der Waals surface area contributed by atoms with Gasteiger partial charge in [-0.3, -0.25) is 4.79 Å². The van der Waals surface area contributed by atoms with E-state index in [2.05, 4.69) is 29.0 Å². The fourth-order valence-corrected chi connectivity index (χ4v) is 3.51. The van der Waals surface area contributed by atoms with E-state index in [1.807, 2.05) is 17.0 Å². The first-order chi connectivity index (χ1) is 11.2. The number of amides is 1. The molecule has 126 valence electrons. The molecule has 2 fully saturated rings. The molecule has 0 spiro atoms. The van der Waals surface area contributed by atoms with Gasteiger partial charge in [0.15, 0.2) is 0 Å². The van der Waals surface area contributed by atoms with Gasteiger partial charge in [-0.25, -0.2) is 4.98 Å². The quantitative estimate of drug-likeness (QED) is 0.909. The first-order valence-electron chi connectivity index (χ1n) is 8.92. The topological polar surface area (TPSA) is 48.5 Å². The largest absolute Gasteiger partial charge is 0.357 e. The lowest BCUT2D eigenvalue weighted by Crippen LogP contribution is -2.57. The molecule has 5 heteroatoms. The highest BCUT2D eigenvalue weighted by Gasteiger charge is 2.28. The number of hydrogen-bond acceptors (Lipinski definition) is 4. The molecule has 23 heavy (non-hydrogen) atoms. The van der Waals surface area contributed by atoms with Crippen LogP contribution in [0.25, 0.3) is 0 Å². The summed E-state index contributed by atoms with van der Waals surface area (Å²) >= 11 is 0. The van der Waals surface area contributed by atoms with E-state index in [9.17, 15) is 4.79 Å². The van der Waals surface area contributed by atoms with Crippen LogP contribution in [0, 0.1) is 0 Å². The van der Waals surface area contributed by atoms with E-state index >= 15 is 0 Å². The number of anilines is 1. The van der Waals surface area contributed by atoms with E-state index in [1.165, 1.54) is 25.7 Å². The van der Waals surface area contributed by atoms with Crippen molar-refractivity contribution in [2.45, 2.75) is 51.6 Å². The molecule has 1 N–H and O–H groups in total. The van der Waals surface area contributed by atoms with E-state index < -0.39 is 0 Å². The zero-order valence-electron chi connectivity index (χ0n) is 14.3. The number of rotatable bonds is 2. The Hall–Kier alpha value is -1.62. The van der Waals surface area contributed by atoms with Gasteiger partial charge in [0, 0.05) is 44.5 Å². The molecule has 0 aliphatic carbocycles. The number of piperazine rings is 1. The second-order valence-electron chi connectivity index (χ2n) is 6.79. The van der Waals surface area contributed by atoms with Crippen LogP contribution in [-0.4, -0.2) is 54.1 Å². The average Bonchev–Trinajstić information content (AvgIpc) is 2.86. The summed E-state index contributed by atoms with van der Waals surface area (Å²) in [5.74, 6) is 1.10. The van der Waals surface area contributed by atoms with Gasteiger partial charge in [-0.1, -0.05) is 12.8 Å². The van der Waals surface area contributed by atoms with Crippen LogP contribution < -0.4 is 10.2 Å². The van der Waals surface area contributed by atoms with Crippen LogP contribution in [0.5, 0.6) is 0 Å². The van der Waals surface area contributed by atoms with E-state index in [4.69, 9.17) is 0 Å². The lowest BCUT2D eigenvalue weighted by Gasteiger charge is -2.38. The van der Waals surface area contributed by atoms with Crippen molar-refractivity contribution in [1.82, 2.24) is 15.2 Å². The number of carbonyl (C=O) groups excluding carboxylic acids is 1. The zero-order chi connectivity index (χ0) is 16.2. The molecule has 1 amide bonds. The highest BCUT2D eigenvalue weighted by atomic mass is 16.2. The summed E-state index contributed by atoms with van der Waals surface area (Å²) in [6.45, 7) is 8.01. The second-order valence-corrected chi connectivity index (χ2v) is 6.79. The lowest BCUT2D eigenvalue weighted by atomic mass is 10.1. The Bertz CT molecular complexity index is 522. The summed E-state index contributed by atoms with van der Waals surface area (Å²) in [6.07, 6.45) is 6.84. The summed E-state index contributed by atoms with van der Waals surface area (Å²) in [7, 11) is 0. The summed E-state index contributed by atoms with van der Waals surface area (Å²) in [5, 5.41) is 3.41. The van der Waals surface area contributed by atoms with Gasteiger partial charge in [-0.15, -0.1) is 0 Å². The Balaban J connectivity index is 1.69. The Labute approximate surface area is 139 Å². The molecule has 2 aliphatic heterocycles. The zero-order valence-corrected chi connectivity index (χ0v) is 14.3. The first-order valence-corrected chi connectivity index (χ1v) is 8.92. The van der Waals surface area contributed by atoms with E-state index in [1.54, 1.807) is 6.20 Å². The maximum Gasteiger partial charge on any atom is 0.255 e. The van der Waals surface area contributed by atoms with Crippen LogP contribution in [0.3, 0.4) is 0 Å². The molecule has 1 aromatic heterocycles. The number of nitrogens with one attached hydrogen (secondary N) is 1. The molecule has 2 unspecified atom stereocenters. The molecule has 0 saturated carbocycles. The van der Waals surface area contributed by atoms with Crippen molar-refractivity contribution in [3.05, 3.63) is 23.9 Å². The molecule has 3 heterocycles. The minimum atomic E-state index is 0.0979. The maximum atomic E-state index is 12.7. The van der Waals surface area contributed by atoms with Gasteiger partial charge in [0.05, 0.1) is 5.56 Å². The Morgan fingerprint density at radius 3 is 2.52 bits per heavy atom. The van der Waals surface area contributed by atoms with E-state index in [0.717, 1.165) is 32.0 Å². The van der Waals surface area contributed by atoms with Crippen molar-refractivity contribution < 1.29 is 4.79 Å².